The van der Waals surface area contributed by atoms with E-state index in [-0.39, 0.29) is 16.8 Å². The van der Waals surface area contributed by atoms with Crippen LogP contribution in [0.2, 0.25) is 0 Å². The van der Waals surface area contributed by atoms with Crippen molar-refractivity contribution in [2.45, 2.75) is 31.8 Å². The average Bonchev–Trinajstić information content (AvgIpc) is 3.15. The fourth-order valence-electron chi connectivity index (χ4n) is 4.70. The van der Waals surface area contributed by atoms with Gasteiger partial charge in [0.05, 0.1) is 24.5 Å². The maximum Gasteiger partial charge on any atom is 0.414 e. The van der Waals surface area contributed by atoms with Crippen LogP contribution in [0.25, 0.3) is 0 Å². The molecule has 174 valence electrons. The lowest BCUT2D eigenvalue weighted by Crippen LogP contribution is -2.49. The first-order valence-corrected chi connectivity index (χ1v) is 11.6. The van der Waals surface area contributed by atoms with Crippen LogP contribution in [-0.2, 0) is 9.53 Å². The van der Waals surface area contributed by atoms with E-state index in [0.29, 0.717) is 49.8 Å². The molecule has 2 unspecified atom stereocenters. The normalized spacial score (nSPS) is 24.5. The Hall–Kier alpha value is -2.46. The molecule has 32 heavy (non-hydrogen) atoms. The van der Waals surface area contributed by atoms with E-state index in [1.807, 2.05) is 4.90 Å². The zero-order chi connectivity index (χ0) is 22.7. The predicted molar refractivity (Wildman–Crippen MR) is 124 cm³/mol. The van der Waals surface area contributed by atoms with Crippen LogP contribution in [0.15, 0.2) is 18.2 Å². The number of rotatable bonds is 6. The van der Waals surface area contributed by atoms with Crippen molar-refractivity contribution in [3.8, 4) is 0 Å². The summed E-state index contributed by atoms with van der Waals surface area (Å²) in [5, 5.41) is 2.92. The number of nitrogens with one attached hydrogen (secondary N) is 1. The number of Topliss-reactive ketones (excluding diaryl/α,β-unsaturated/α-hetero) is 1. The molecule has 2 atom stereocenters. The lowest BCUT2D eigenvalue weighted by atomic mass is 9.87. The molecule has 3 N–H and O–H groups in total. The van der Waals surface area contributed by atoms with Gasteiger partial charge in [-0.25, -0.2) is 9.18 Å². The van der Waals surface area contributed by atoms with Crippen LogP contribution >= 0.6 is 12.2 Å². The van der Waals surface area contributed by atoms with Gasteiger partial charge in [-0.2, -0.15) is 0 Å². The van der Waals surface area contributed by atoms with Gasteiger partial charge >= 0.3 is 6.09 Å². The molecule has 4 rings (SSSR count). The molecule has 2 heterocycles. The molecule has 0 radical (unpaired) electrons. The monoisotopic (exact) mass is 463 g/mol. The van der Waals surface area contributed by atoms with Gasteiger partial charge in [-0.05, 0) is 43.3 Å². The predicted octanol–water partition coefficient (Wildman–Crippen LogP) is 1.87. The molecule has 2 aliphatic heterocycles. The maximum absolute atomic E-state index is 15.0. The lowest BCUT2D eigenvalue weighted by Gasteiger charge is -2.38. The van der Waals surface area contributed by atoms with Crippen molar-refractivity contribution in [3.63, 3.8) is 0 Å². The second-order valence-electron chi connectivity index (χ2n) is 8.69. The first kappa shape index (κ1) is 22.7. The number of ketones is 1. The topological polar surface area (TPSA) is 91.1 Å². The molecule has 10 heteroatoms. The number of thiocarbonyl (C=S) groups is 1. The van der Waals surface area contributed by atoms with Crippen LogP contribution in [0.5, 0.6) is 0 Å². The molecule has 3 fully saturated rings. The lowest BCUT2D eigenvalue weighted by molar-refractivity contribution is -0.125. The summed E-state index contributed by atoms with van der Waals surface area (Å²) in [4.78, 5) is 30.1. The molecule has 1 aliphatic carbocycles. The Bertz CT molecular complexity index is 877. The third kappa shape index (κ3) is 5.29. The fraction of sp³-hybridized carbons (Fsp3) is 0.591. The second kappa shape index (κ2) is 9.99. The van der Waals surface area contributed by atoms with Crippen LogP contribution < -0.4 is 20.9 Å². The molecular formula is C22H30FN5O3S. The van der Waals surface area contributed by atoms with Crippen molar-refractivity contribution < 1.29 is 18.7 Å². The van der Waals surface area contributed by atoms with Gasteiger partial charge in [0.15, 0.2) is 5.11 Å². The molecule has 8 nitrogen and oxygen atoms in total. The Morgan fingerprint density at radius 3 is 2.69 bits per heavy atom. The molecule has 1 saturated carbocycles. The highest BCUT2D eigenvalue weighted by Gasteiger charge is 2.33. The third-order valence-corrected chi connectivity index (χ3v) is 6.64. The Morgan fingerprint density at radius 2 is 2.00 bits per heavy atom. The number of amides is 1. The molecule has 0 bridgehead atoms. The van der Waals surface area contributed by atoms with E-state index in [1.165, 1.54) is 11.0 Å². The summed E-state index contributed by atoms with van der Waals surface area (Å²) in [7, 11) is 0. The van der Waals surface area contributed by atoms with Gasteiger partial charge in [0, 0.05) is 45.1 Å². The van der Waals surface area contributed by atoms with Crippen molar-refractivity contribution >= 4 is 40.6 Å². The number of nitrogens with zero attached hydrogens (tertiary/aromatic N) is 3. The quantitative estimate of drug-likeness (QED) is 0.618. The number of anilines is 2. The number of hydrogen-bond acceptors (Lipinski definition) is 6. The molecule has 1 aromatic rings. The first-order valence-electron chi connectivity index (χ1n) is 11.2. The van der Waals surface area contributed by atoms with Crippen molar-refractivity contribution in [1.29, 1.82) is 0 Å². The van der Waals surface area contributed by atoms with Gasteiger partial charge in [-0.3, -0.25) is 14.6 Å². The number of piperazine rings is 1. The number of carbonyl (C=O) groups excluding carboxylic acids is 2. The van der Waals surface area contributed by atoms with Crippen LogP contribution in [-0.4, -0.2) is 73.8 Å². The molecule has 1 aromatic carbocycles. The summed E-state index contributed by atoms with van der Waals surface area (Å²) in [6.07, 6.45) is 2.94. The van der Waals surface area contributed by atoms with E-state index < -0.39 is 12.2 Å². The van der Waals surface area contributed by atoms with E-state index in [9.17, 15) is 14.0 Å². The molecule has 1 amide bonds. The van der Waals surface area contributed by atoms with E-state index in [4.69, 9.17) is 22.7 Å². The number of nitrogens with two attached hydrogens (primary N) is 1. The van der Waals surface area contributed by atoms with Crippen molar-refractivity contribution in [2.24, 2.45) is 11.7 Å². The zero-order valence-corrected chi connectivity index (χ0v) is 18.9. The van der Waals surface area contributed by atoms with Gasteiger partial charge in [-0.1, -0.05) is 6.42 Å². The van der Waals surface area contributed by atoms with E-state index in [2.05, 4.69) is 10.2 Å². The smallest absolute Gasteiger partial charge is 0.414 e. The average molecular weight is 464 g/mol. The minimum absolute atomic E-state index is 0.139. The fourth-order valence-corrected chi connectivity index (χ4v) is 4.79. The highest BCUT2D eigenvalue weighted by atomic mass is 32.1. The molecule has 2 saturated heterocycles. The highest BCUT2D eigenvalue weighted by Crippen LogP contribution is 2.29. The van der Waals surface area contributed by atoms with Crippen molar-refractivity contribution in [3.05, 3.63) is 24.0 Å². The number of carbonyl (C=O) groups is 2. The summed E-state index contributed by atoms with van der Waals surface area (Å²) in [5.74, 6) is 0.187. The maximum atomic E-state index is 15.0. The number of benzene rings is 1. The Kier molecular flexibility index (Phi) is 7.10. The van der Waals surface area contributed by atoms with Crippen molar-refractivity contribution in [1.82, 2.24) is 10.2 Å². The summed E-state index contributed by atoms with van der Waals surface area (Å²) in [6.45, 7) is 4.45. The summed E-state index contributed by atoms with van der Waals surface area (Å²) < 4.78 is 20.3. The number of hydrogen-bond donors (Lipinski definition) is 2. The molecule has 3 aliphatic rings. The van der Waals surface area contributed by atoms with Crippen LogP contribution in [0.4, 0.5) is 20.6 Å². The Morgan fingerprint density at radius 1 is 1.22 bits per heavy atom. The summed E-state index contributed by atoms with van der Waals surface area (Å²) >= 11 is 4.77. The minimum Gasteiger partial charge on any atom is -0.442 e. The molecule has 0 spiro atoms. The van der Waals surface area contributed by atoms with Gasteiger partial charge < -0.3 is 20.7 Å². The Balaban J connectivity index is 1.32. The molecular weight excluding hydrogens is 433 g/mol. The second-order valence-corrected chi connectivity index (χ2v) is 9.13. The Labute approximate surface area is 192 Å². The van der Waals surface area contributed by atoms with Gasteiger partial charge in [-0.15, -0.1) is 0 Å². The third-order valence-electron chi connectivity index (χ3n) is 6.49. The summed E-state index contributed by atoms with van der Waals surface area (Å²) in [6, 6.07) is 4.85. The minimum atomic E-state index is -0.516. The van der Waals surface area contributed by atoms with Gasteiger partial charge in [0.25, 0.3) is 0 Å². The number of halogens is 1. The standard InChI is InChI=1S/C22H30FN5O3S/c23-18-11-16(28-14-17(31-22(28)30)12-25-21(24)32)5-6-19(18)27-9-7-26(8-10-27)13-15-3-1-2-4-20(15)29/h5-6,11,15,17H,1-4,7-10,12-14H2,(H3,24,25,32). The number of ether oxygens (including phenoxy) is 1. The zero-order valence-electron chi connectivity index (χ0n) is 18.1. The van der Waals surface area contributed by atoms with Gasteiger partial charge in [0.2, 0.25) is 0 Å². The van der Waals surface area contributed by atoms with Gasteiger partial charge in [0.1, 0.15) is 17.7 Å². The highest BCUT2D eigenvalue weighted by molar-refractivity contribution is 7.80. The van der Waals surface area contributed by atoms with Crippen LogP contribution in [0.1, 0.15) is 25.7 Å². The summed E-state index contributed by atoms with van der Waals surface area (Å²) in [5.41, 5.74) is 6.40. The van der Waals surface area contributed by atoms with Crippen molar-refractivity contribution in [2.75, 3.05) is 55.6 Å². The SMILES string of the molecule is NC(=S)NCC1CN(c2ccc(N3CCN(CC4CCCCC4=O)CC3)c(F)c2)C(=O)O1. The first-order chi connectivity index (χ1) is 15.4. The van der Waals surface area contributed by atoms with E-state index in [1.54, 1.807) is 12.1 Å². The van der Waals surface area contributed by atoms with Crippen LogP contribution in [0.3, 0.4) is 0 Å². The number of cyclic esters (lactones) is 1. The van der Waals surface area contributed by atoms with Crippen LogP contribution in [0, 0.1) is 11.7 Å². The van der Waals surface area contributed by atoms with E-state index >= 15 is 0 Å². The largest absolute Gasteiger partial charge is 0.442 e. The molecule has 0 aromatic heterocycles. The van der Waals surface area contributed by atoms with E-state index in [0.717, 1.165) is 38.9 Å².